The number of rotatable bonds is 6. The van der Waals surface area contributed by atoms with E-state index in [4.69, 9.17) is 9.05 Å². The first-order valence-corrected chi connectivity index (χ1v) is 6.54. The van der Waals surface area contributed by atoms with Crippen LogP contribution in [0.2, 0.25) is 0 Å². The Kier molecular flexibility index (Phi) is 3.67. The fraction of sp³-hybridized carbons (Fsp3) is 0.545. The van der Waals surface area contributed by atoms with Crippen molar-refractivity contribution in [3.63, 3.8) is 0 Å². The highest BCUT2D eigenvalue weighted by molar-refractivity contribution is 4.92. The number of hydrogen-bond donors (Lipinski definition) is 0. The standard InChI is InChI=1S/C11H14N8O2/c1-7-14-18-19(15-7)6-5-11-13-10(17-21-11)4-3-9-12-8(2)20-16-9/h3-6H2,1-2H3. The molecule has 0 unspecified atom stereocenters. The van der Waals surface area contributed by atoms with Crippen LogP contribution in [-0.4, -0.2) is 40.5 Å². The van der Waals surface area contributed by atoms with Crippen molar-refractivity contribution in [1.29, 1.82) is 0 Å². The summed E-state index contributed by atoms with van der Waals surface area (Å²) in [7, 11) is 0. The molecule has 0 atom stereocenters. The lowest BCUT2D eigenvalue weighted by Crippen LogP contribution is -2.05. The van der Waals surface area contributed by atoms with Gasteiger partial charge in [-0.15, -0.1) is 10.2 Å². The number of aromatic nitrogens is 8. The van der Waals surface area contributed by atoms with E-state index in [9.17, 15) is 0 Å². The molecular formula is C11H14N8O2. The maximum absolute atomic E-state index is 5.17. The van der Waals surface area contributed by atoms with E-state index < -0.39 is 0 Å². The van der Waals surface area contributed by atoms with Gasteiger partial charge in [-0.3, -0.25) is 0 Å². The summed E-state index contributed by atoms with van der Waals surface area (Å²) in [4.78, 5) is 9.92. The van der Waals surface area contributed by atoms with E-state index in [1.807, 2.05) is 0 Å². The number of hydrogen-bond acceptors (Lipinski definition) is 9. The van der Waals surface area contributed by atoms with E-state index in [1.54, 1.807) is 13.8 Å². The maximum Gasteiger partial charge on any atom is 0.228 e. The first kappa shape index (κ1) is 13.3. The van der Waals surface area contributed by atoms with Crippen molar-refractivity contribution in [1.82, 2.24) is 40.5 Å². The smallest absolute Gasteiger partial charge is 0.228 e. The molecule has 0 aliphatic carbocycles. The molecule has 0 aliphatic rings. The Morgan fingerprint density at radius 1 is 0.952 bits per heavy atom. The Morgan fingerprint density at radius 3 is 2.38 bits per heavy atom. The third kappa shape index (κ3) is 3.46. The summed E-state index contributed by atoms with van der Waals surface area (Å²) in [5, 5.41) is 19.5. The van der Waals surface area contributed by atoms with Crippen LogP contribution >= 0.6 is 0 Å². The molecule has 0 bridgehead atoms. The summed E-state index contributed by atoms with van der Waals surface area (Å²) in [6.45, 7) is 4.09. The summed E-state index contributed by atoms with van der Waals surface area (Å²) in [5.74, 6) is 2.99. The van der Waals surface area contributed by atoms with Gasteiger partial charge in [-0.25, -0.2) is 0 Å². The molecule has 0 radical (unpaired) electrons. The van der Waals surface area contributed by atoms with E-state index in [0.717, 1.165) is 0 Å². The fourth-order valence-electron chi connectivity index (χ4n) is 1.77. The Balaban J connectivity index is 1.51. The van der Waals surface area contributed by atoms with Crippen LogP contribution in [0.3, 0.4) is 0 Å². The average molecular weight is 290 g/mol. The fourth-order valence-corrected chi connectivity index (χ4v) is 1.77. The molecule has 0 N–H and O–H groups in total. The predicted octanol–water partition coefficient (Wildman–Crippen LogP) is 0.0838. The lowest BCUT2D eigenvalue weighted by Gasteiger charge is -1.93. The van der Waals surface area contributed by atoms with E-state index in [2.05, 4.69) is 35.7 Å². The van der Waals surface area contributed by atoms with E-state index in [0.29, 0.717) is 55.1 Å². The summed E-state index contributed by atoms with van der Waals surface area (Å²) in [6.07, 6.45) is 1.77. The molecule has 10 nitrogen and oxygen atoms in total. The zero-order chi connectivity index (χ0) is 14.7. The van der Waals surface area contributed by atoms with Crippen LogP contribution in [0.5, 0.6) is 0 Å². The lowest BCUT2D eigenvalue weighted by atomic mass is 10.3. The Labute approximate surface area is 119 Å². The predicted molar refractivity (Wildman–Crippen MR) is 67.0 cm³/mol. The van der Waals surface area contributed by atoms with Crippen molar-refractivity contribution >= 4 is 0 Å². The molecule has 3 rings (SSSR count). The van der Waals surface area contributed by atoms with Crippen LogP contribution in [-0.2, 0) is 25.8 Å². The zero-order valence-electron chi connectivity index (χ0n) is 11.7. The lowest BCUT2D eigenvalue weighted by molar-refractivity contribution is 0.358. The minimum atomic E-state index is 0.546. The van der Waals surface area contributed by atoms with E-state index >= 15 is 0 Å². The van der Waals surface area contributed by atoms with Crippen molar-refractivity contribution in [3.8, 4) is 0 Å². The summed E-state index contributed by atoms with van der Waals surface area (Å²) in [6, 6.07) is 0. The summed E-state index contributed by atoms with van der Waals surface area (Å²) in [5.41, 5.74) is 0. The second-order valence-electron chi connectivity index (χ2n) is 4.52. The van der Waals surface area contributed by atoms with Crippen LogP contribution < -0.4 is 0 Å². The molecule has 110 valence electrons. The minimum Gasteiger partial charge on any atom is -0.340 e. The van der Waals surface area contributed by atoms with Gasteiger partial charge in [0.25, 0.3) is 0 Å². The number of nitrogens with zero attached hydrogens (tertiary/aromatic N) is 8. The molecule has 3 aromatic heterocycles. The van der Waals surface area contributed by atoms with Gasteiger partial charge in [-0.05, 0) is 12.1 Å². The van der Waals surface area contributed by atoms with Crippen LogP contribution in [0.1, 0.15) is 29.3 Å². The molecule has 0 saturated carbocycles. The molecule has 10 heteroatoms. The molecule has 0 amide bonds. The quantitative estimate of drug-likeness (QED) is 0.621. The van der Waals surface area contributed by atoms with Crippen LogP contribution in [0.25, 0.3) is 0 Å². The van der Waals surface area contributed by atoms with Gasteiger partial charge >= 0.3 is 0 Å². The molecular weight excluding hydrogens is 276 g/mol. The van der Waals surface area contributed by atoms with Gasteiger partial charge in [0.15, 0.2) is 17.5 Å². The average Bonchev–Trinajstić information content (AvgIpc) is 3.16. The zero-order valence-corrected chi connectivity index (χ0v) is 11.7. The van der Waals surface area contributed by atoms with Gasteiger partial charge in [-0.1, -0.05) is 10.3 Å². The maximum atomic E-state index is 5.17. The van der Waals surface area contributed by atoms with Gasteiger partial charge in [-0.2, -0.15) is 14.8 Å². The second-order valence-corrected chi connectivity index (χ2v) is 4.52. The van der Waals surface area contributed by atoms with Gasteiger partial charge in [0.1, 0.15) is 0 Å². The van der Waals surface area contributed by atoms with Gasteiger partial charge in [0.05, 0.1) is 6.54 Å². The molecule has 0 aromatic carbocycles. The van der Waals surface area contributed by atoms with Crippen molar-refractivity contribution in [3.05, 3.63) is 29.3 Å². The highest BCUT2D eigenvalue weighted by atomic mass is 16.5. The molecule has 3 heterocycles. The number of tetrazole rings is 1. The van der Waals surface area contributed by atoms with Gasteiger partial charge in [0, 0.05) is 26.2 Å². The van der Waals surface area contributed by atoms with Crippen molar-refractivity contribution < 1.29 is 9.05 Å². The highest BCUT2D eigenvalue weighted by Crippen LogP contribution is 2.04. The second kappa shape index (κ2) is 5.77. The Bertz CT molecular complexity index is 656. The van der Waals surface area contributed by atoms with Crippen molar-refractivity contribution in [2.75, 3.05) is 0 Å². The monoisotopic (exact) mass is 290 g/mol. The minimum absolute atomic E-state index is 0.546. The normalized spacial score (nSPS) is 11.1. The largest absolute Gasteiger partial charge is 0.340 e. The first-order valence-electron chi connectivity index (χ1n) is 6.54. The topological polar surface area (TPSA) is 121 Å². The van der Waals surface area contributed by atoms with Gasteiger partial charge in [0.2, 0.25) is 11.8 Å². The highest BCUT2D eigenvalue weighted by Gasteiger charge is 2.09. The van der Waals surface area contributed by atoms with Crippen LogP contribution in [0.15, 0.2) is 9.05 Å². The Hall–Kier alpha value is -2.65. The van der Waals surface area contributed by atoms with E-state index in [1.165, 1.54) is 4.80 Å². The SMILES string of the molecule is Cc1nnn(CCc2nc(CCc3noc(C)n3)no2)n1. The van der Waals surface area contributed by atoms with Crippen molar-refractivity contribution in [2.45, 2.75) is 39.7 Å². The van der Waals surface area contributed by atoms with Gasteiger partial charge < -0.3 is 9.05 Å². The summed E-state index contributed by atoms with van der Waals surface area (Å²) < 4.78 is 10.1. The Morgan fingerprint density at radius 2 is 1.71 bits per heavy atom. The molecule has 3 aromatic rings. The van der Waals surface area contributed by atoms with Crippen LogP contribution in [0.4, 0.5) is 0 Å². The summed E-state index contributed by atoms with van der Waals surface area (Å²) >= 11 is 0. The molecule has 21 heavy (non-hydrogen) atoms. The molecule has 0 spiro atoms. The van der Waals surface area contributed by atoms with Crippen molar-refractivity contribution in [2.24, 2.45) is 0 Å². The third-order valence-electron chi connectivity index (χ3n) is 2.73. The number of aryl methyl sites for hydroxylation is 6. The van der Waals surface area contributed by atoms with E-state index in [-0.39, 0.29) is 0 Å². The first-order chi connectivity index (χ1) is 10.2. The van der Waals surface area contributed by atoms with Crippen LogP contribution in [0, 0.1) is 13.8 Å². The molecule has 0 aliphatic heterocycles. The molecule has 0 saturated heterocycles. The third-order valence-corrected chi connectivity index (χ3v) is 2.73. The molecule has 0 fully saturated rings.